The molecule has 0 atom stereocenters. The molecule has 1 amide bonds. The molecule has 0 aliphatic carbocycles. The number of anilines is 1. The molecule has 3 rings (SSSR count). The second-order valence-corrected chi connectivity index (χ2v) is 5.89. The number of pyridine rings is 1. The van der Waals surface area contributed by atoms with E-state index in [4.69, 9.17) is 4.74 Å². The van der Waals surface area contributed by atoms with Crippen LogP contribution in [0.5, 0.6) is 5.75 Å². The molecule has 138 valence electrons. The van der Waals surface area contributed by atoms with E-state index in [0.717, 1.165) is 17.0 Å². The molecule has 27 heavy (non-hydrogen) atoms. The van der Waals surface area contributed by atoms with E-state index in [1.54, 1.807) is 26.3 Å². The smallest absolute Gasteiger partial charge is 0.270 e. The maximum atomic E-state index is 12.5. The van der Waals surface area contributed by atoms with Crippen molar-refractivity contribution in [2.24, 2.45) is 0 Å². The van der Waals surface area contributed by atoms with Crippen LogP contribution in [0, 0.1) is 6.92 Å². The van der Waals surface area contributed by atoms with Gasteiger partial charge in [-0.1, -0.05) is 18.2 Å². The first kappa shape index (κ1) is 18.3. The van der Waals surface area contributed by atoms with Gasteiger partial charge in [0.15, 0.2) is 0 Å². The molecule has 3 aromatic rings. The second-order valence-electron chi connectivity index (χ2n) is 5.89. The Bertz CT molecular complexity index is 898. The number of hydrogen-bond donors (Lipinski definition) is 2. The molecule has 0 radical (unpaired) electrons. The van der Waals surface area contributed by atoms with Crippen LogP contribution in [-0.2, 0) is 13.1 Å². The van der Waals surface area contributed by atoms with Gasteiger partial charge in [0.1, 0.15) is 23.1 Å². The standard InChI is InChI=1S/C20H21N5O2/c1-14-24-18(11-19(25-14)22-13-16-5-3-4-10-21-16)20(26)23-12-15-6-8-17(27-2)9-7-15/h3-11H,12-13H2,1-2H3,(H,23,26)(H,22,24,25). The third-order valence-corrected chi connectivity index (χ3v) is 3.86. The summed E-state index contributed by atoms with van der Waals surface area (Å²) in [6, 6.07) is 14.9. The van der Waals surface area contributed by atoms with Gasteiger partial charge in [-0.3, -0.25) is 9.78 Å². The Balaban J connectivity index is 1.62. The molecule has 0 aliphatic rings. The van der Waals surface area contributed by atoms with Gasteiger partial charge in [0.05, 0.1) is 19.3 Å². The van der Waals surface area contributed by atoms with Crippen LogP contribution in [0.3, 0.4) is 0 Å². The number of aryl methyl sites for hydroxylation is 1. The van der Waals surface area contributed by atoms with Crippen molar-refractivity contribution in [1.82, 2.24) is 20.3 Å². The Morgan fingerprint density at radius 1 is 1.07 bits per heavy atom. The van der Waals surface area contributed by atoms with Gasteiger partial charge in [-0.2, -0.15) is 0 Å². The molecule has 0 spiro atoms. The highest BCUT2D eigenvalue weighted by atomic mass is 16.5. The van der Waals surface area contributed by atoms with Gasteiger partial charge in [-0.25, -0.2) is 9.97 Å². The highest BCUT2D eigenvalue weighted by molar-refractivity contribution is 5.92. The van der Waals surface area contributed by atoms with Gasteiger partial charge < -0.3 is 15.4 Å². The molecular weight excluding hydrogens is 342 g/mol. The van der Waals surface area contributed by atoms with E-state index in [0.29, 0.717) is 30.4 Å². The zero-order valence-electron chi connectivity index (χ0n) is 15.3. The van der Waals surface area contributed by atoms with Gasteiger partial charge in [0, 0.05) is 18.8 Å². The van der Waals surface area contributed by atoms with Crippen molar-refractivity contribution in [3.8, 4) is 5.75 Å². The number of rotatable bonds is 7. The Morgan fingerprint density at radius 3 is 2.59 bits per heavy atom. The third-order valence-electron chi connectivity index (χ3n) is 3.86. The molecule has 7 nitrogen and oxygen atoms in total. The predicted molar refractivity (Wildman–Crippen MR) is 102 cm³/mol. The maximum Gasteiger partial charge on any atom is 0.270 e. The topological polar surface area (TPSA) is 89.0 Å². The average Bonchev–Trinajstić information content (AvgIpc) is 2.71. The summed E-state index contributed by atoms with van der Waals surface area (Å²) >= 11 is 0. The number of carbonyl (C=O) groups is 1. The summed E-state index contributed by atoms with van der Waals surface area (Å²) in [6.45, 7) is 2.68. The van der Waals surface area contributed by atoms with Gasteiger partial charge in [-0.15, -0.1) is 0 Å². The summed E-state index contributed by atoms with van der Waals surface area (Å²) in [7, 11) is 1.62. The quantitative estimate of drug-likeness (QED) is 0.671. The maximum absolute atomic E-state index is 12.5. The van der Waals surface area contributed by atoms with Gasteiger partial charge in [-0.05, 0) is 36.8 Å². The Morgan fingerprint density at radius 2 is 1.89 bits per heavy atom. The van der Waals surface area contributed by atoms with Crippen molar-refractivity contribution >= 4 is 11.7 Å². The SMILES string of the molecule is COc1ccc(CNC(=O)c2cc(NCc3ccccn3)nc(C)n2)cc1. The van der Waals surface area contributed by atoms with E-state index in [1.807, 2.05) is 42.5 Å². The zero-order chi connectivity index (χ0) is 19.1. The number of nitrogens with one attached hydrogen (secondary N) is 2. The van der Waals surface area contributed by atoms with E-state index < -0.39 is 0 Å². The number of aromatic nitrogens is 3. The van der Waals surface area contributed by atoms with Crippen LogP contribution in [0.25, 0.3) is 0 Å². The number of carbonyl (C=O) groups excluding carboxylic acids is 1. The van der Waals surface area contributed by atoms with Crippen LogP contribution >= 0.6 is 0 Å². The second kappa shape index (κ2) is 8.75. The fraction of sp³-hybridized carbons (Fsp3) is 0.200. The lowest BCUT2D eigenvalue weighted by atomic mass is 10.2. The molecular formula is C20H21N5O2. The molecule has 0 fully saturated rings. The summed E-state index contributed by atoms with van der Waals surface area (Å²) in [5, 5.41) is 6.05. The van der Waals surface area contributed by atoms with Crippen molar-refractivity contribution < 1.29 is 9.53 Å². The number of ether oxygens (including phenoxy) is 1. The lowest BCUT2D eigenvalue weighted by molar-refractivity contribution is 0.0945. The highest BCUT2D eigenvalue weighted by Crippen LogP contribution is 2.12. The third kappa shape index (κ3) is 5.24. The Kier molecular flexibility index (Phi) is 5.94. The van der Waals surface area contributed by atoms with Crippen molar-refractivity contribution in [3.05, 3.63) is 77.5 Å². The van der Waals surface area contributed by atoms with Crippen molar-refractivity contribution in [1.29, 1.82) is 0 Å². The predicted octanol–water partition coefficient (Wildman–Crippen LogP) is 2.73. The first-order valence-electron chi connectivity index (χ1n) is 8.54. The summed E-state index contributed by atoms with van der Waals surface area (Å²) in [5.41, 5.74) is 2.18. The van der Waals surface area contributed by atoms with E-state index >= 15 is 0 Å². The Labute approximate surface area is 157 Å². The summed E-state index contributed by atoms with van der Waals surface area (Å²) in [5.74, 6) is 1.63. The van der Waals surface area contributed by atoms with Crippen LogP contribution < -0.4 is 15.4 Å². The first-order valence-corrected chi connectivity index (χ1v) is 8.54. The normalized spacial score (nSPS) is 10.3. The van der Waals surface area contributed by atoms with E-state index in [1.165, 1.54) is 0 Å². The number of amides is 1. The highest BCUT2D eigenvalue weighted by Gasteiger charge is 2.10. The number of hydrogen-bond acceptors (Lipinski definition) is 6. The van der Waals surface area contributed by atoms with Crippen LogP contribution in [0.1, 0.15) is 27.6 Å². The molecule has 2 heterocycles. The molecule has 0 aliphatic heterocycles. The summed E-state index contributed by atoms with van der Waals surface area (Å²) in [4.78, 5) is 25.3. The lowest BCUT2D eigenvalue weighted by Crippen LogP contribution is -2.24. The molecule has 7 heteroatoms. The van der Waals surface area contributed by atoms with Crippen molar-refractivity contribution in [3.63, 3.8) is 0 Å². The minimum absolute atomic E-state index is 0.253. The molecule has 2 N–H and O–H groups in total. The number of benzene rings is 1. The molecule has 2 aromatic heterocycles. The zero-order valence-corrected chi connectivity index (χ0v) is 15.3. The fourth-order valence-electron chi connectivity index (χ4n) is 2.47. The van der Waals surface area contributed by atoms with Gasteiger partial charge in [0.25, 0.3) is 5.91 Å². The van der Waals surface area contributed by atoms with Crippen LogP contribution in [0.2, 0.25) is 0 Å². The largest absolute Gasteiger partial charge is 0.497 e. The van der Waals surface area contributed by atoms with Crippen molar-refractivity contribution in [2.45, 2.75) is 20.0 Å². The lowest BCUT2D eigenvalue weighted by Gasteiger charge is -2.09. The number of nitrogens with zero attached hydrogens (tertiary/aromatic N) is 3. The van der Waals surface area contributed by atoms with Crippen molar-refractivity contribution in [2.75, 3.05) is 12.4 Å². The van der Waals surface area contributed by atoms with Gasteiger partial charge in [0.2, 0.25) is 0 Å². The molecule has 1 aromatic carbocycles. The fourth-order valence-corrected chi connectivity index (χ4v) is 2.47. The van der Waals surface area contributed by atoms with E-state index in [2.05, 4.69) is 25.6 Å². The molecule has 0 unspecified atom stereocenters. The molecule has 0 saturated carbocycles. The average molecular weight is 363 g/mol. The first-order chi connectivity index (χ1) is 13.1. The minimum Gasteiger partial charge on any atom is -0.497 e. The number of methoxy groups -OCH3 is 1. The summed E-state index contributed by atoms with van der Waals surface area (Å²) < 4.78 is 5.13. The monoisotopic (exact) mass is 363 g/mol. The van der Waals surface area contributed by atoms with Crippen LogP contribution in [0.4, 0.5) is 5.82 Å². The van der Waals surface area contributed by atoms with Gasteiger partial charge >= 0.3 is 0 Å². The van der Waals surface area contributed by atoms with Crippen LogP contribution in [-0.4, -0.2) is 28.0 Å². The Hall–Kier alpha value is -3.48. The van der Waals surface area contributed by atoms with Crippen LogP contribution in [0.15, 0.2) is 54.7 Å². The van der Waals surface area contributed by atoms with E-state index in [-0.39, 0.29) is 5.91 Å². The minimum atomic E-state index is -0.253. The molecule has 0 saturated heterocycles. The van der Waals surface area contributed by atoms with E-state index in [9.17, 15) is 4.79 Å². The molecule has 0 bridgehead atoms. The summed E-state index contributed by atoms with van der Waals surface area (Å²) in [6.07, 6.45) is 1.74.